The first-order chi connectivity index (χ1) is 13.9. The van der Waals surface area contributed by atoms with Crippen LogP contribution in [0, 0.1) is 13.8 Å². The van der Waals surface area contributed by atoms with Gasteiger partial charge in [-0.3, -0.25) is 10.1 Å². The third-order valence-corrected chi connectivity index (χ3v) is 6.77. The molecule has 1 aromatic carbocycles. The third-order valence-electron chi connectivity index (χ3n) is 5.48. The van der Waals surface area contributed by atoms with Gasteiger partial charge in [0.2, 0.25) is 0 Å². The molecule has 2 aromatic heterocycles. The van der Waals surface area contributed by atoms with Crippen molar-refractivity contribution < 1.29 is 9.47 Å². The number of rotatable bonds is 5. The molecule has 4 rings (SSSR count). The van der Waals surface area contributed by atoms with Crippen LogP contribution in [-0.2, 0) is 4.74 Å². The van der Waals surface area contributed by atoms with E-state index in [-0.39, 0.29) is 12.2 Å². The minimum atomic E-state index is 0.285. The van der Waals surface area contributed by atoms with E-state index in [9.17, 15) is 0 Å². The van der Waals surface area contributed by atoms with Crippen molar-refractivity contribution >= 4 is 34.2 Å². The van der Waals surface area contributed by atoms with Gasteiger partial charge in [0.15, 0.2) is 5.82 Å². The van der Waals surface area contributed by atoms with Gasteiger partial charge in [0, 0.05) is 34.2 Å². The molecule has 1 aliphatic heterocycles. The molecular weight excluding hydrogens is 384 g/mol. The molecule has 0 aliphatic carbocycles. The number of hydrogen-bond donors (Lipinski definition) is 2. The lowest BCUT2D eigenvalue weighted by molar-refractivity contribution is -0.0265. The number of aryl methyl sites for hydroxylation is 1. The van der Waals surface area contributed by atoms with Gasteiger partial charge >= 0.3 is 0 Å². The molecule has 2 N–H and O–H groups in total. The predicted octanol–water partition coefficient (Wildman–Crippen LogP) is 5.38. The van der Waals surface area contributed by atoms with Gasteiger partial charge in [-0.1, -0.05) is 0 Å². The number of pyridine rings is 1. The average Bonchev–Trinajstić information content (AvgIpc) is 2.99. The van der Waals surface area contributed by atoms with Gasteiger partial charge in [-0.05, 0) is 52.7 Å². The fraction of sp³-hybridized carbons (Fsp3) is 0.455. The maximum atomic E-state index is 5.91. The van der Waals surface area contributed by atoms with Crippen molar-refractivity contribution in [2.45, 2.75) is 62.9 Å². The fourth-order valence-electron chi connectivity index (χ4n) is 3.87. The molecule has 2 unspecified atom stereocenters. The normalized spacial score (nSPS) is 22.0. The molecule has 29 heavy (non-hydrogen) atoms. The number of aromatic nitrogens is 3. The van der Waals surface area contributed by atoms with Crippen LogP contribution in [0.2, 0.25) is 0 Å². The van der Waals surface area contributed by atoms with Crippen LogP contribution in [0.1, 0.15) is 37.9 Å². The van der Waals surface area contributed by atoms with Crippen molar-refractivity contribution in [2.24, 2.45) is 0 Å². The van der Waals surface area contributed by atoms with E-state index >= 15 is 0 Å². The van der Waals surface area contributed by atoms with Gasteiger partial charge in [0.25, 0.3) is 0 Å². The zero-order valence-electron chi connectivity index (χ0n) is 17.6. The lowest BCUT2D eigenvalue weighted by Crippen LogP contribution is -2.30. The molecule has 6 nitrogen and oxygen atoms in total. The topological polar surface area (TPSA) is 72.1 Å². The summed E-state index contributed by atoms with van der Waals surface area (Å²) in [6.07, 6.45) is 4.47. The van der Waals surface area contributed by atoms with Crippen molar-refractivity contribution in [1.82, 2.24) is 15.2 Å². The highest BCUT2D eigenvalue weighted by Gasteiger charge is 2.26. The average molecular weight is 413 g/mol. The smallest absolute Gasteiger partial charge is 0.155 e. The van der Waals surface area contributed by atoms with Crippen molar-refractivity contribution in [2.75, 3.05) is 12.4 Å². The summed E-state index contributed by atoms with van der Waals surface area (Å²) in [5.74, 6) is 1.71. The number of benzene rings is 1. The summed E-state index contributed by atoms with van der Waals surface area (Å²) in [6.45, 7) is 8.39. The number of nitrogens with zero attached hydrogens (tertiary/aromatic N) is 2. The highest BCUT2D eigenvalue weighted by molar-refractivity contribution is 8.00. The number of fused-ring (bicyclic) bond motifs is 1. The van der Waals surface area contributed by atoms with Crippen LogP contribution in [0.15, 0.2) is 29.3 Å². The second kappa shape index (κ2) is 8.24. The molecule has 3 aromatic rings. The van der Waals surface area contributed by atoms with Gasteiger partial charge in [-0.15, -0.1) is 11.8 Å². The molecular formula is C22H28N4O2S. The molecule has 3 heterocycles. The van der Waals surface area contributed by atoms with Gasteiger partial charge in [0.1, 0.15) is 5.75 Å². The summed E-state index contributed by atoms with van der Waals surface area (Å²) in [5, 5.41) is 12.4. The van der Waals surface area contributed by atoms with Crippen LogP contribution in [0.25, 0.3) is 10.9 Å². The molecule has 0 spiro atoms. The first kappa shape index (κ1) is 20.0. The molecule has 0 amide bonds. The Balaban J connectivity index is 1.70. The predicted molar refractivity (Wildman–Crippen MR) is 119 cm³/mol. The molecule has 0 radical (unpaired) electrons. The Labute approximate surface area is 175 Å². The number of anilines is 2. The van der Waals surface area contributed by atoms with Crippen LogP contribution in [0.3, 0.4) is 0 Å². The quantitative estimate of drug-likeness (QED) is 0.587. The Kier molecular flexibility index (Phi) is 5.69. The first-order valence-electron chi connectivity index (χ1n) is 10.0. The van der Waals surface area contributed by atoms with Gasteiger partial charge in [0.05, 0.1) is 35.4 Å². The second-order valence-electron chi connectivity index (χ2n) is 7.79. The lowest BCUT2D eigenvalue weighted by atomic mass is 10.1. The van der Waals surface area contributed by atoms with E-state index in [1.54, 1.807) is 7.11 Å². The Morgan fingerprint density at radius 1 is 1.21 bits per heavy atom. The SMILES string of the molecule is COc1cc2nccc(Nc3n[nH]c(C)c3C)c2cc1SC1CC(C)OC(C)C1. The highest BCUT2D eigenvalue weighted by atomic mass is 32.2. The minimum Gasteiger partial charge on any atom is -0.496 e. The van der Waals surface area contributed by atoms with Gasteiger partial charge in [-0.2, -0.15) is 5.10 Å². The van der Waals surface area contributed by atoms with E-state index in [2.05, 4.69) is 47.3 Å². The van der Waals surface area contributed by atoms with E-state index in [1.165, 1.54) is 0 Å². The summed E-state index contributed by atoms with van der Waals surface area (Å²) in [4.78, 5) is 5.69. The van der Waals surface area contributed by atoms with E-state index in [4.69, 9.17) is 9.47 Å². The molecule has 1 saturated heterocycles. The molecule has 7 heteroatoms. The standard InChI is InChI=1S/C22H28N4O2S/c1-12-8-16(9-13(2)28-12)29-21-10-17-18(24-22-14(3)15(4)25-26-22)6-7-23-19(17)11-20(21)27-5/h6-7,10-13,16H,8-9H2,1-5H3,(H2,23,24,25,26). The summed E-state index contributed by atoms with van der Waals surface area (Å²) in [6, 6.07) is 6.21. The maximum absolute atomic E-state index is 5.91. The number of ether oxygens (including phenoxy) is 2. The van der Waals surface area contributed by atoms with Crippen LogP contribution in [0.5, 0.6) is 5.75 Å². The summed E-state index contributed by atoms with van der Waals surface area (Å²) >= 11 is 1.88. The van der Waals surface area contributed by atoms with Crippen LogP contribution < -0.4 is 10.1 Å². The van der Waals surface area contributed by atoms with E-state index in [0.717, 1.165) is 57.2 Å². The summed E-state index contributed by atoms with van der Waals surface area (Å²) < 4.78 is 11.6. The van der Waals surface area contributed by atoms with E-state index in [1.807, 2.05) is 37.0 Å². The minimum absolute atomic E-state index is 0.285. The number of thioether (sulfide) groups is 1. The van der Waals surface area contributed by atoms with Crippen molar-refractivity contribution in [3.63, 3.8) is 0 Å². The fourth-order valence-corrected chi connectivity index (χ4v) is 5.41. The van der Waals surface area contributed by atoms with Gasteiger partial charge in [-0.25, -0.2) is 0 Å². The lowest BCUT2D eigenvalue weighted by Gasteiger charge is -2.32. The zero-order chi connectivity index (χ0) is 20.5. The van der Waals surface area contributed by atoms with E-state index < -0.39 is 0 Å². The summed E-state index contributed by atoms with van der Waals surface area (Å²) in [5.41, 5.74) is 4.06. The van der Waals surface area contributed by atoms with Gasteiger partial charge < -0.3 is 14.8 Å². The highest BCUT2D eigenvalue weighted by Crippen LogP contribution is 2.41. The Hall–Kier alpha value is -2.25. The van der Waals surface area contributed by atoms with Crippen LogP contribution in [0.4, 0.5) is 11.5 Å². The second-order valence-corrected chi connectivity index (χ2v) is 9.14. The number of H-pyrrole nitrogens is 1. The molecule has 1 fully saturated rings. The van der Waals surface area contributed by atoms with E-state index in [0.29, 0.717) is 5.25 Å². The number of hydrogen-bond acceptors (Lipinski definition) is 6. The number of nitrogens with one attached hydrogen (secondary N) is 2. The van der Waals surface area contributed by atoms with Crippen molar-refractivity contribution in [3.8, 4) is 5.75 Å². The van der Waals surface area contributed by atoms with Crippen LogP contribution >= 0.6 is 11.8 Å². The Bertz CT molecular complexity index is 1010. The summed E-state index contributed by atoms with van der Waals surface area (Å²) in [7, 11) is 1.72. The zero-order valence-corrected chi connectivity index (χ0v) is 18.4. The number of aromatic amines is 1. The Morgan fingerprint density at radius 3 is 2.62 bits per heavy atom. The molecule has 0 saturated carbocycles. The molecule has 2 atom stereocenters. The molecule has 0 bridgehead atoms. The van der Waals surface area contributed by atoms with Crippen molar-refractivity contribution in [1.29, 1.82) is 0 Å². The van der Waals surface area contributed by atoms with Crippen molar-refractivity contribution in [3.05, 3.63) is 35.7 Å². The number of methoxy groups -OCH3 is 1. The first-order valence-corrected chi connectivity index (χ1v) is 10.9. The monoisotopic (exact) mass is 412 g/mol. The maximum Gasteiger partial charge on any atom is 0.155 e. The third kappa shape index (κ3) is 4.21. The molecule has 154 valence electrons. The molecule has 1 aliphatic rings. The van der Waals surface area contributed by atoms with Crippen LogP contribution in [-0.4, -0.2) is 39.7 Å². The largest absolute Gasteiger partial charge is 0.496 e. The Morgan fingerprint density at radius 2 is 1.97 bits per heavy atom.